The lowest BCUT2D eigenvalue weighted by Gasteiger charge is -2.10. The standard InChI is InChI=1S/C11H12O4.C6H14O/c1-3-7-8(10(12)13)5-4-6(2)9(7)11(14)15;1-2-3-4-5-6-7/h4-5H,3H2,1-2H3,(H,12,13)(H,14,15);7H,2-6H2,1H3. The van der Waals surface area contributed by atoms with Gasteiger partial charge in [0.1, 0.15) is 0 Å². The van der Waals surface area contributed by atoms with Crippen LogP contribution in [0.5, 0.6) is 0 Å². The van der Waals surface area contributed by atoms with Gasteiger partial charge in [0.15, 0.2) is 0 Å². The van der Waals surface area contributed by atoms with Gasteiger partial charge in [-0.2, -0.15) is 0 Å². The Morgan fingerprint density at radius 2 is 1.64 bits per heavy atom. The molecule has 3 N–H and O–H groups in total. The Balaban J connectivity index is 0.000000534. The lowest BCUT2D eigenvalue weighted by atomic mass is 9.95. The average molecular weight is 310 g/mol. The summed E-state index contributed by atoms with van der Waals surface area (Å²) in [6, 6.07) is 2.97. The average Bonchev–Trinajstić information content (AvgIpc) is 2.47. The Bertz CT molecular complexity index is 490. The first-order valence-corrected chi connectivity index (χ1v) is 7.60. The molecule has 0 aliphatic rings. The Morgan fingerprint density at radius 3 is 2.05 bits per heavy atom. The lowest BCUT2D eigenvalue weighted by Crippen LogP contribution is -2.11. The highest BCUT2D eigenvalue weighted by molar-refractivity contribution is 5.97. The molecule has 0 radical (unpaired) electrons. The SMILES string of the molecule is CCCCCCO.CCc1c(C(=O)O)ccc(C)c1C(=O)O. The fourth-order valence-corrected chi connectivity index (χ4v) is 2.17. The molecule has 0 fully saturated rings. The van der Waals surface area contributed by atoms with Crippen molar-refractivity contribution >= 4 is 11.9 Å². The summed E-state index contributed by atoms with van der Waals surface area (Å²) in [6.45, 7) is 5.93. The van der Waals surface area contributed by atoms with Crippen LogP contribution in [0.15, 0.2) is 12.1 Å². The maximum atomic E-state index is 11.0. The number of aliphatic hydroxyl groups excluding tert-OH is 1. The first-order valence-electron chi connectivity index (χ1n) is 7.60. The molecule has 1 aromatic rings. The number of hydrogen-bond acceptors (Lipinski definition) is 3. The molecular formula is C17H26O5. The fraction of sp³-hybridized carbons (Fsp3) is 0.529. The number of aryl methyl sites for hydroxylation is 1. The van der Waals surface area contributed by atoms with Gasteiger partial charge in [0.05, 0.1) is 11.1 Å². The van der Waals surface area contributed by atoms with E-state index in [0.29, 0.717) is 24.2 Å². The van der Waals surface area contributed by atoms with E-state index in [2.05, 4.69) is 6.92 Å². The molecule has 0 saturated heterocycles. The molecule has 22 heavy (non-hydrogen) atoms. The lowest BCUT2D eigenvalue weighted by molar-refractivity contribution is 0.0695. The number of unbranched alkanes of at least 4 members (excludes halogenated alkanes) is 3. The van der Waals surface area contributed by atoms with Crippen LogP contribution in [0.3, 0.4) is 0 Å². The third-order valence-electron chi connectivity index (χ3n) is 3.33. The monoisotopic (exact) mass is 310 g/mol. The molecule has 1 rings (SSSR count). The normalized spacial score (nSPS) is 9.82. The summed E-state index contributed by atoms with van der Waals surface area (Å²) in [5, 5.41) is 26.2. The van der Waals surface area contributed by atoms with Crippen molar-refractivity contribution in [3.8, 4) is 0 Å². The Hall–Kier alpha value is -1.88. The van der Waals surface area contributed by atoms with Gasteiger partial charge in [-0.1, -0.05) is 39.2 Å². The molecule has 0 heterocycles. The van der Waals surface area contributed by atoms with Gasteiger partial charge in [-0.15, -0.1) is 0 Å². The minimum atomic E-state index is -1.09. The van der Waals surface area contributed by atoms with Crippen LogP contribution in [0.4, 0.5) is 0 Å². The number of carboxylic acids is 2. The summed E-state index contributed by atoms with van der Waals surface area (Å²) >= 11 is 0. The van der Waals surface area contributed by atoms with E-state index in [-0.39, 0.29) is 11.1 Å². The van der Waals surface area contributed by atoms with Gasteiger partial charge in [-0.25, -0.2) is 9.59 Å². The molecule has 0 bridgehead atoms. The zero-order valence-corrected chi connectivity index (χ0v) is 13.6. The van der Waals surface area contributed by atoms with Crippen LogP contribution in [0.1, 0.15) is 71.4 Å². The van der Waals surface area contributed by atoms with Crippen LogP contribution in [0.2, 0.25) is 0 Å². The Kier molecular flexibility index (Phi) is 9.87. The van der Waals surface area contributed by atoms with Crippen molar-refractivity contribution in [1.82, 2.24) is 0 Å². The second-order valence-corrected chi connectivity index (χ2v) is 5.03. The van der Waals surface area contributed by atoms with Gasteiger partial charge in [0.2, 0.25) is 0 Å². The second-order valence-electron chi connectivity index (χ2n) is 5.03. The van der Waals surface area contributed by atoms with Crippen LogP contribution in [-0.4, -0.2) is 33.9 Å². The summed E-state index contributed by atoms with van der Waals surface area (Å²) in [6.07, 6.45) is 5.08. The first kappa shape index (κ1) is 20.1. The number of rotatable bonds is 7. The highest BCUT2D eigenvalue weighted by Crippen LogP contribution is 2.20. The molecule has 0 saturated carbocycles. The van der Waals surface area contributed by atoms with Crippen molar-refractivity contribution in [1.29, 1.82) is 0 Å². The zero-order chi connectivity index (χ0) is 17.1. The molecule has 0 aliphatic heterocycles. The van der Waals surface area contributed by atoms with Crippen LogP contribution >= 0.6 is 0 Å². The molecule has 0 aromatic heterocycles. The van der Waals surface area contributed by atoms with E-state index in [1.165, 1.54) is 31.4 Å². The van der Waals surface area contributed by atoms with Gasteiger partial charge in [0.25, 0.3) is 0 Å². The first-order chi connectivity index (χ1) is 10.4. The van der Waals surface area contributed by atoms with Crippen molar-refractivity contribution in [2.24, 2.45) is 0 Å². The van der Waals surface area contributed by atoms with Crippen LogP contribution in [-0.2, 0) is 6.42 Å². The summed E-state index contributed by atoms with van der Waals surface area (Å²) in [4.78, 5) is 21.9. The van der Waals surface area contributed by atoms with E-state index in [1.807, 2.05) is 0 Å². The third-order valence-corrected chi connectivity index (χ3v) is 3.33. The number of carbonyl (C=O) groups is 2. The number of aliphatic hydroxyl groups is 1. The van der Waals surface area contributed by atoms with Crippen molar-refractivity contribution in [2.45, 2.75) is 52.9 Å². The highest BCUT2D eigenvalue weighted by atomic mass is 16.4. The largest absolute Gasteiger partial charge is 0.478 e. The van der Waals surface area contributed by atoms with Gasteiger partial charge in [-0.05, 0) is 37.0 Å². The molecule has 0 aliphatic carbocycles. The molecule has 5 heteroatoms. The number of hydrogen-bond donors (Lipinski definition) is 3. The Morgan fingerprint density at radius 1 is 1.00 bits per heavy atom. The highest BCUT2D eigenvalue weighted by Gasteiger charge is 2.18. The van der Waals surface area contributed by atoms with E-state index in [0.717, 1.165) is 6.42 Å². The number of benzene rings is 1. The van der Waals surface area contributed by atoms with E-state index in [4.69, 9.17) is 15.3 Å². The van der Waals surface area contributed by atoms with Crippen molar-refractivity contribution < 1.29 is 24.9 Å². The maximum Gasteiger partial charge on any atom is 0.336 e. The summed E-state index contributed by atoms with van der Waals surface area (Å²) in [7, 11) is 0. The van der Waals surface area contributed by atoms with Crippen molar-refractivity contribution in [3.05, 3.63) is 34.4 Å². The molecule has 5 nitrogen and oxygen atoms in total. The predicted molar refractivity (Wildman–Crippen MR) is 85.7 cm³/mol. The van der Waals surface area contributed by atoms with Gasteiger partial charge >= 0.3 is 11.9 Å². The fourth-order valence-electron chi connectivity index (χ4n) is 2.17. The minimum Gasteiger partial charge on any atom is -0.478 e. The quantitative estimate of drug-likeness (QED) is 0.670. The van der Waals surface area contributed by atoms with Crippen molar-refractivity contribution in [3.63, 3.8) is 0 Å². The van der Waals surface area contributed by atoms with Gasteiger partial charge in [-0.3, -0.25) is 0 Å². The van der Waals surface area contributed by atoms with Crippen LogP contribution < -0.4 is 0 Å². The molecule has 1 aromatic carbocycles. The molecule has 0 atom stereocenters. The summed E-state index contributed by atoms with van der Waals surface area (Å²) in [5.74, 6) is -2.16. The summed E-state index contributed by atoms with van der Waals surface area (Å²) < 4.78 is 0. The van der Waals surface area contributed by atoms with Crippen LogP contribution in [0, 0.1) is 6.92 Å². The smallest absolute Gasteiger partial charge is 0.336 e. The molecule has 124 valence electrons. The zero-order valence-electron chi connectivity index (χ0n) is 13.6. The van der Waals surface area contributed by atoms with E-state index >= 15 is 0 Å². The summed E-state index contributed by atoms with van der Waals surface area (Å²) in [5.41, 5.74) is 1.15. The van der Waals surface area contributed by atoms with E-state index < -0.39 is 11.9 Å². The topological polar surface area (TPSA) is 94.8 Å². The third kappa shape index (κ3) is 6.26. The van der Waals surface area contributed by atoms with E-state index in [9.17, 15) is 9.59 Å². The Labute approximate surface area is 131 Å². The predicted octanol–water partition coefficient (Wildman–Crippen LogP) is 3.51. The molecule has 0 spiro atoms. The molecule has 0 unspecified atom stereocenters. The van der Waals surface area contributed by atoms with Gasteiger partial charge in [0, 0.05) is 6.61 Å². The van der Waals surface area contributed by atoms with Crippen molar-refractivity contribution in [2.75, 3.05) is 6.61 Å². The molecular weight excluding hydrogens is 284 g/mol. The number of carboxylic acid groups (broad SMARTS) is 2. The van der Waals surface area contributed by atoms with Crippen LogP contribution in [0.25, 0.3) is 0 Å². The van der Waals surface area contributed by atoms with E-state index in [1.54, 1.807) is 13.8 Å². The molecule has 0 amide bonds. The second kappa shape index (κ2) is 10.8. The maximum absolute atomic E-state index is 11.0. The minimum absolute atomic E-state index is 0.0699. The van der Waals surface area contributed by atoms with Gasteiger partial charge < -0.3 is 15.3 Å². The number of aromatic carboxylic acids is 2.